The zero-order valence-corrected chi connectivity index (χ0v) is 15.6. The summed E-state index contributed by atoms with van der Waals surface area (Å²) in [5.74, 6) is 0.525. The van der Waals surface area contributed by atoms with E-state index in [1.54, 1.807) is 4.68 Å². The van der Waals surface area contributed by atoms with Crippen LogP contribution < -0.4 is 10.6 Å². The van der Waals surface area contributed by atoms with Crippen molar-refractivity contribution in [3.63, 3.8) is 0 Å². The second-order valence-electron chi connectivity index (χ2n) is 6.08. The first-order valence-corrected chi connectivity index (χ1v) is 9.32. The van der Waals surface area contributed by atoms with Crippen molar-refractivity contribution >= 4 is 39.4 Å². The van der Waals surface area contributed by atoms with E-state index >= 15 is 0 Å². The maximum atomic E-state index is 12.1. The van der Waals surface area contributed by atoms with Crippen molar-refractivity contribution in [1.29, 1.82) is 0 Å². The highest BCUT2D eigenvalue weighted by molar-refractivity contribution is 9.10. The van der Waals surface area contributed by atoms with E-state index in [1.165, 1.54) is 19.3 Å². The number of urea groups is 1. The number of nitrogens with one attached hydrogen (secondary N) is 2. The minimum Gasteiger partial charge on any atom is -0.335 e. The number of hydrogen-bond acceptors (Lipinski definition) is 2. The molecule has 2 N–H and O–H groups in total. The summed E-state index contributed by atoms with van der Waals surface area (Å²) in [6.07, 6.45) is 7.60. The molecule has 0 saturated heterocycles. The summed E-state index contributed by atoms with van der Waals surface area (Å²) < 4.78 is 2.54. The highest BCUT2D eigenvalue weighted by Gasteiger charge is 2.17. The number of carbonyl (C=O) groups is 1. The first kappa shape index (κ1) is 17.3. The van der Waals surface area contributed by atoms with E-state index in [1.807, 2.05) is 30.5 Å². The highest BCUT2D eigenvalue weighted by Crippen LogP contribution is 2.22. The van der Waals surface area contributed by atoms with E-state index in [0.29, 0.717) is 17.4 Å². The van der Waals surface area contributed by atoms with E-state index in [4.69, 9.17) is 11.6 Å². The van der Waals surface area contributed by atoms with Crippen LogP contribution in [-0.4, -0.2) is 21.9 Å². The Morgan fingerprint density at radius 2 is 1.96 bits per heavy atom. The Labute approximate surface area is 154 Å². The Hall–Kier alpha value is -1.53. The van der Waals surface area contributed by atoms with Crippen molar-refractivity contribution in [1.82, 2.24) is 15.1 Å². The van der Waals surface area contributed by atoms with Gasteiger partial charge in [-0.15, -0.1) is 0 Å². The third-order valence-corrected chi connectivity index (χ3v) is 4.98. The van der Waals surface area contributed by atoms with Gasteiger partial charge in [0.25, 0.3) is 0 Å². The number of halogens is 2. The van der Waals surface area contributed by atoms with Gasteiger partial charge in [-0.25, -0.2) is 4.79 Å². The molecular formula is C17H20BrClN4O. The fourth-order valence-corrected chi connectivity index (χ4v) is 3.46. The Morgan fingerprint density at radius 1 is 1.25 bits per heavy atom. The quantitative estimate of drug-likeness (QED) is 0.759. The number of carbonyl (C=O) groups excluding carboxylic acids is 1. The predicted octanol–water partition coefficient (Wildman–Crippen LogP) is 4.80. The maximum absolute atomic E-state index is 12.1. The number of aromatic nitrogens is 2. The van der Waals surface area contributed by atoms with Crippen LogP contribution in [0.2, 0.25) is 5.02 Å². The molecule has 24 heavy (non-hydrogen) atoms. The van der Waals surface area contributed by atoms with E-state index in [9.17, 15) is 4.79 Å². The molecule has 1 heterocycles. The van der Waals surface area contributed by atoms with Crippen molar-refractivity contribution in [2.45, 2.75) is 44.7 Å². The number of benzene rings is 1. The van der Waals surface area contributed by atoms with Crippen molar-refractivity contribution in [3.05, 3.63) is 45.5 Å². The predicted molar refractivity (Wildman–Crippen MR) is 99.5 cm³/mol. The van der Waals surface area contributed by atoms with Gasteiger partial charge in [0.15, 0.2) is 5.82 Å². The highest BCUT2D eigenvalue weighted by atomic mass is 79.9. The zero-order valence-electron chi connectivity index (χ0n) is 13.3. The van der Waals surface area contributed by atoms with E-state index in [-0.39, 0.29) is 12.1 Å². The molecule has 0 aliphatic heterocycles. The molecule has 1 saturated carbocycles. The molecule has 1 fully saturated rings. The molecule has 7 heteroatoms. The van der Waals surface area contributed by atoms with Gasteiger partial charge >= 0.3 is 6.03 Å². The maximum Gasteiger partial charge on any atom is 0.320 e. The van der Waals surface area contributed by atoms with Crippen LogP contribution in [0.1, 0.15) is 37.7 Å². The van der Waals surface area contributed by atoms with Gasteiger partial charge in [-0.1, -0.05) is 43.0 Å². The van der Waals surface area contributed by atoms with Gasteiger partial charge < -0.3 is 5.32 Å². The first-order valence-electron chi connectivity index (χ1n) is 8.15. The lowest BCUT2D eigenvalue weighted by molar-refractivity contribution is 0.244. The van der Waals surface area contributed by atoms with Gasteiger partial charge in [-0.2, -0.15) is 5.10 Å². The van der Waals surface area contributed by atoms with Crippen LogP contribution in [0.15, 0.2) is 34.9 Å². The van der Waals surface area contributed by atoms with Crippen LogP contribution in [0.25, 0.3) is 0 Å². The molecule has 0 bridgehead atoms. The summed E-state index contributed by atoms with van der Waals surface area (Å²) in [5, 5.41) is 11.0. The van der Waals surface area contributed by atoms with Gasteiger partial charge in [-0.3, -0.25) is 10.00 Å². The van der Waals surface area contributed by atoms with Crippen LogP contribution >= 0.6 is 27.5 Å². The smallest absolute Gasteiger partial charge is 0.320 e. The number of rotatable bonds is 4. The fourth-order valence-electron chi connectivity index (χ4n) is 2.92. The molecule has 3 rings (SSSR count). The van der Waals surface area contributed by atoms with Gasteiger partial charge in [-0.05, 0) is 46.5 Å². The lowest BCUT2D eigenvalue weighted by atomic mass is 9.96. The third kappa shape index (κ3) is 4.74. The molecule has 1 aliphatic rings. The average Bonchev–Trinajstić information content (AvgIpc) is 2.90. The molecule has 0 radical (unpaired) electrons. The average molecular weight is 412 g/mol. The van der Waals surface area contributed by atoms with Crippen molar-refractivity contribution in [3.8, 4) is 0 Å². The van der Waals surface area contributed by atoms with Gasteiger partial charge in [0.05, 0.1) is 11.0 Å². The summed E-state index contributed by atoms with van der Waals surface area (Å²) in [6, 6.07) is 7.70. The summed E-state index contributed by atoms with van der Waals surface area (Å²) in [6.45, 7) is 0.613. The van der Waals surface area contributed by atoms with Crippen LogP contribution in [0.3, 0.4) is 0 Å². The van der Waals surface area contributed by atoms with Gasteiger partial charge in [0.2, 0.25) is 0 Å². The van der Waals surface area contributed by atoms with Crippen LogP contribution in [-0.2, 0) is 6.54 Å². The van der Waals surface area contributed by atoms with Crippen LogP contribution in [0.5, 0.6) is 0 Å². The lowest BCUT2D eigenvalue weighted by Gasteiger charge is -2.22. The SMILES string of the molecule is O=C(Nc1nn(Cc2ccc(Cl)cc2)cc1Br)NC1CCCCC1. The van der Waals surface area contributed by atoms with Crippen molar-refractivity contribution in [2.24, 2.45) is 0 Å². The summed E-state index contributed by atoms with van der Waals surface area (Å²) in [7, 11) is 0. The Kier molecular flexibility index (Phi) is 5.79. The van der Waals surface area contributed by atoms with Crippen molar-refractivity contribution < 1.29 is 4.79 Å². The Morgan fingerprint density at radius 3 is 2.67 bits per heavy atom. The van der Waals surface area contributed by atoms with Gasteiger partial charge in [0, 0.05) is 17.3 Å². The molecule has 2 amide bonds. The molecular weight excluding hydrogens is 392 g/mol. The number of amides is 2. The fraction of sp³-hybridized carbons (Fsp3) is 0.412. The molecule has 2 aromatic rings. The largest absolute Gasteiger partial charge is 0.335 e. The van der Waals surface area contributed by atoms with Gasteiger partial charge in [0.1, 0.15) is 0 Å². The number of anilines is 1. The standard InChI is InChI=1S/C17H20BrClN4O/c18-15-11-23(10-12-6-8-13(19)9-7-12)22-16(15)21-17(24)20-14-4-2-1-3-5-14/h6-9,11,14H,1-5,10H2,(H2,20,21,22,24). The van der Waals surface area contributed by atoms with E-state index in [2.05, 4.69) is 31.7 Å². The topological polar surface area (TPSA) is 59.0 Å². The second-order valence-corrected chi connectivity index (χ2v) is 7.37. The summed E-state index contributed by atoms with van der Waals surface area (Å²) >= 11 is 9.35. The normalized spacial score (nSPS) is 15.2. The van der Waals surface area contributed by atoms with Crippen LogP contribution in [0.4, 0.5) is 10.6 Å². The molecule has 1 aromatic carbocycles. The molecule has 5 nitrogen and oxygen atoms in total. The summed E-state index contributed by atoms with van der Waals surface area (Å²) in [5.41, 5.74) is 1.09. The van der Waals surface area contributed by atoms with E-state index < -0.39 is 0 Å². The molecule has 1 aliphatic carbocycles. The minimum atomic E-state index is -0.195. The third-order valence-electron chi connectivity index (χ3n) is 4.15. The monoisotopic (exact) mass is 410 g/mol. The molecule has 0 unspecified atom stereocenters. The molecule has 128 valence electrons. The zero-order chi connectivity index (χ0) is 16.9. The molecule has 1 aromatic heterocycles. The molecule has 0 spiro atoms. The second kappa shape index (κ2) is 8.03. The number of nitrogens with zero attached hydrogens (tertiary/aromatic N) is 2. The first-order chi connectivity index (χ1) is 11.6. The van der Waals surface area contributed by atoms with Crippen LogP contribution in [0, 0.1) is 0 Å². The lowest BCUT2D eigenvalue weighted by Crippen LogP contribution is -2.39. The molecule has 0 atom stereocenters. The minimum absolute atomic E-state index is 0.195. The Bertz CT molecular complexity index is 695. The number of hydrogen-bond donors (Lipinski definition) is 2. The van der Waals surface area contributed by atoms with E-state index in [0.717, 1.165) is 22.9 Å². The summed E-state index contributed by atoms with van der Waals surface area (Å²) in [4.78, 5) is 12.1. The van der Waals surface area contributed by atoms with Crippen molar-refractivity contribution in [2.75, 3.05) is 5.32 Å². The Balaban J connectivity index is 1.58.